The molecular formula is C53H46N4O4. The van der Waals surface area contributed by atoms with E-state index in [0.29, 0.717) is 5.56 Å². The number of pyridine rings is 2. The van der Waals surface area contributed by atoms with Gasteiger partial charge in [-0.15, -0.1) is 0 Å². The highest BCUT2D eigenvalue weighted by Gasteiger charge is 2.16. The molecule has 0 saturated carbocycles. The van der Waals surface area contributed by atoms with Crippen molar-refractivity contribution in [2.75, 3.05) is 47.4 Å². The van der Waals surface area contributed by atoms with Crippen molar-refractivity contribution < 1.29 is 18.9 Å². The summed E-state index contributed by atoms with van der Waals surface area (Å²) in [6, 6.07) is 58.1. The molecule has 0 aliphatic carbocycles. The van der Waals surface area contributed by atoms with E-state index in [1.807, 2.05) is 148 Å². The smallest absolute Gasteiger partial charge is 0.128 e. The molecule has 0 fully saturated rings. The Labute approximate surface area is 357 Å². The van der Waals surface area contributed by atoms with Crippen LogP contribution in [0.5, 0.6) is 23.0 Å². The van der Waals surface area contributed by atoms with Gasteiger partial charge in [-0.3, -0.25) is 0 Å². The summed E-state index contributed by atoms with van der Waals surface area (Å²) < 4.78 is 22.3. The van der Waals surface area contributed by atoms with Crippen molar-refractivity contribution in [3.05, 3.63) is 175 Å². The lowest BCUT2D eigenvalue weighted by molar-refractivity contribution is 0.416. The zero-order chi connectivity index (χ0) is 42.7. The molecule has 0 N–H and O–H groups in total. The van der Waals surface area contributed by atoms with E-state index in [-0.39, 0.29) is 0 Å². The van der Waals surface area contributed by atoms with Crippen LogP contribution in [0.1, 0.15) is 5.56 Å². The second-order valence-electron chi connectivity index (χ2n) is 14.2. The van der Waals surface area contributed by atoms with Gasteiger partial charge in [0.15, 0.2) is 0 Å². The number of ether oxygens (including phenoxy) is 4. The van der Waals surface area contributed by atoms with Crippen LogP contribution in [0.15, 0.2) is 170 Å². The normalized spacial score (nSPS) is 10.4. The van der Waals surface area contributed by atoms with E-state index in [9.17, 15) is 0 Å². The quantitative estimate of drug-likeness (QED) is 0.128. The predicted octanol–water partition coefficient (Wildman–Crippen LogP) is 12.1. The molecule has 0 aliphatic rings. The Morgan fingerprint density at radius 3 is 0.967 bits per heavy atom. The Balaban J connectivity index is 0.000000184. The molecule has 2 heterocycles. The number of nitriles is 1. The fourth-order valence-corrected chi connectivity index (χ4v) is 7.06. The van der Waals surface area contributed by atoms with E-state index in [1.165, 1.54) is 0 Å². The highest BCUT2D eigenvalue weighted by molar-refractivity contribution is 5.82. The number of benzene rings is 6. The van der Waals surface area contributed by atoms with Crippen LogP contribution in [0.4, 0.5) is 5.69 Å². The highest BCUT2D eigenvalue weighted by atomic mass is 16.5. The Bertz CT molecular complexity index is 2660. The van der Waals surface area contributed by atoms with Crippen molar-refractivity contribution in [3.63, 3.8) is 0 Å². The van der Waals surface area contributed by atoms with Gasteiger partial charge in [0.1, 0.15) is 23.0 Å². The number of anilines is 1. The largest absolute Gasteiger partial charge is 0.496 e. The van der Waals surface area contributed by atoms with Crippen LogP contribution in [0.3, 0.4) is 0 Å². The molecule has 0 radical (unpaired) electrons. The lowest BCUT2D eigenvalue weighted by Crippen LogP contribution is -2.07. The third-order valence-electron chi connectivity index (χ3n) is 10.2. The summed E-state index contributed by atoms with van der Waals surface area (Å²) in [5.74, 6) is 3.10. The fourth-order valence-electron chi connectivity index (χ4n) is 7.06. The molecule has 0 saturated heterocycles. The zero-order valence-electron chi connectivity index (χ0n) is 35.1. The van der Waals surface area contributed by atoms with E-state index < -0.39 is 0 Å². The van der Waals surface area contributed by atoms with Crippen molar-refractivity contribution in [1.29, 1.82) is 5.26 Å². The molecule has 8 heteroatoms. The molecular weight excluding hydrogens is 757 g/mol. The average molecular weight is 803 g/mol. The second-order valence-corrected chi connectivity index (χ2v) is 14.2. The second kappa shape index (κ2) is 19.2. The monoisotopic (exact) mass is 802 g/mol. The molecule has 8 rings (SSSR count). The molecule has 8 aromatic rings. The first kappa shape index (κ1) is 41.3. The molecule has 6 aromatic carbocycles. The van der Waals surface area contributed by atoms with E-state index >= 15 is 0 Å². The molecule has 0 aliphatic heterocycles. The van der Waals surface area contributed by atoms with Crippen molar-refractivity contribution >= 4 is 5.69 Å². The van der Waals surface area contributed by atoms with Crippen LogP contribution in [0.25, 0.3) is 67.3 Å². The summed E-state index contributed by atoms with van der Waals surface area (Å²) in [6.45, 7) is 0. The Kier molecular flexibility index (Phi) is 13.0. The van der Waals surface area contributed by atoms with Crippen molar-refractivity contribution in [3.8, 4) is 96.4 Å². The van der Waals surface area contributed by atoms with E-state index in [1.54, 1.807) is 28.4 Å². The summed E-state index contributed by atoms with van der Waals surface area (Å²) >= 11 is 0. The maximum atomic E-state index is 9.11. The Morgan fingerprint density at radius 1 is 0.393 bits per heavy atom. The van der Waals surface area contributed by atoms with Gasteiger partial charge in [0, 0.05) is 42.0 Å². The lowest BCUT2D eigenvalue weighted by Gasteiger charge is -2.15. The first-order valence-corrected chi connectivity index (χ1v) is 19.7. The molecule has 2 aromatic heterocycles. The summed E-state index contributed by atoms with van der Waals surface area (Å²) in [7, 11) is 10.8. The van der Waals surface area contributed by atoms with Crippen molar-refractivity contribution in [2.45, 2.75) is 0 Å². The Hall–Kier alpha value is -7.89. The van der Waals surface area contributed by atoms with Gasteiger partial charge in [-0.1, -0.05) is 72.8 Å². The molecule has 0 unspecified atom stereocenters. The lowest BCUT2D eigenvalue weighted by atomic mass is 9.98. The summed E-state index contributed by atoms with van der Waals surface area (Å²) in [5, 5.41) is 9.11. The van der Waals surface area contributed by atoms with E-state index in [0.717, 1.165) is 96.0 Å². The number of methoxy groups -OCH3 is 4. The van der Waals surface area contributed by atoms with Crippen LogP contribution >= 0.6 is 0 Å². The van der Waals surface area contributed by atoms with Crippen LogP contribution < -0.4 is 23.8 Å². The molecule has 0 bridgehead atoms. The first-order valence-electron chi connectivity index (χ1n) is 19.7. The van der Waals surface area contributed by atoms with Crippen molar-refractivity contribution in [2.24, 2.45) is 0 Å². The number of hydrogen-bond donors (Lipinski definition) is 0. The van der Waals surface area contributed by atoms with Gasteiger partial charge < -0.3 is 23.8 Å². The number of para-hydroxylation sites is 4. The van der Waals surface area contributed by atoms with Gasteiger partial charge in [0.05, 0.1) is 62.8 Å². The molecule has 61 heavy (non-hydrogen) atoms. The zero-order valence-corrected chi connectivity index (χ0v) is 35.1. The Morgan fingerprint density at radius 2 is 0.689 bits per heavy atom. The molecule has 0 amide bonds. The maximum Gasteiger partial charge on any atom is 0.128 e. The van der Waals surface area contributed by atoms with Gasteiger partial charge in [-0.05, 0) is 119 Å². The minimum atomic E-state index is 0.628. The predicted molar refractivity (Wildman–Crippen MR) is 246 cm³/mol. The van der Waals surface area contributed by atoms with Gasteiger partial charge in [0.2, 0.25) is 0 Å². The standard InChI is InChI=1S/C27H26N2O2.C26H20N2O2/c1-29(2)21-15-13-19(14-16-21)20-17-24(22-9-5-7-11-26(22)30-3)28-25(18-20)23-10-6-8-12-27(23)31-4;1-29-25-9-5-3-7-21(25)23-15-20(19-13-11-18(17-27)12-14-19)16-24(28-23)22-8-4-6-10-26(22)30-2/h5-18H,1-4H3;3-16H,1-2H3. The van der Waals surface area contributed by atoms with E-state index in [4.69, 9.17) is 34.2 Å². The summed E-state index contributed by atoms with van der Waals surface area (Å²) in [6.07, 6.45) is 0. The summed E-state index contributed by atoms with van der Waals surface area (Å²) in [4.78, 5) is 12.0. The molecule has 8 nitrogen and oxygen atoms in total. The van der Waals surface area contributed by atoms with Crippen LogP contribution in [0, 0.1) is 11.3 Å². The van der Waals surface area contributed by atoms with Gasteiger partial charge in [-0.2, -0.15) is 5.26 Å². The van der Waals surface area contributed by atoms with E-state index in [2.05, 4.69) is 47.4 Å². The minimum Gasteiger partial charge on any atom is -0.496 e. The third-order valence-corrected chi connectivity index (χ3v) is 10.2. The number of nitrogens with zero attached hydrogens (tertiary/aromatic N) is 4. The van der Waals surface area contributed by atoms with Crippen LogP contribution in [0.2, 0.25) is 0 Å². The number of hydrogen-bond acceptors (Lipinski definition) is 8. The third kappa shape index (κ3) is 9.38. The first-order chi connectivity index (χ1) is 29.8. The van der Waals surface area contributed by atoms with Crippen LogP contribution in [-0.2, 0) is 0 Å². The molecule has 0 spiro atoms. The molecule has 0 atom stereocenters. The SMILES string of the molecule is COc1ccccc1-c1cc(-c2ccc(C#N)cc2)cc(-c2ccccc2OC)n1.COc1ccccc1-c1cc(-c2ccc(N(C)C)cc2)cc(-c2ccccc2OC)n1. The van der Waals surface area contributed by atoms with Crippen LogP contribution in [-0.4, -0.2) is 52.5 Å². The van der Waals surface area contributed by atoms with Gasteiger partial charge in [-0.25, -0.2) is 9.97 Å². The maximum absolute atomic E-state index is 9.11. The summed E-state index contributed by atoms with van der Waals surface area (Å²) in [5.41, 5.74) is 13.0. The topological polar surface area (TPSA) is 89.7 Å². The fraction of sp³-hybridized carbons (Fsp3) is 0.113. The minimum absolute atomic E-state index is 0.628. The highest BCUT2D eigenvalue weighted by Crippen LogP contribution is 2.39. The molecule has 302 valence electrons. The number of rotatable bonds is 11. The van der Waals surface area contributed by atoms with Crippen molar-refractivity contribution in [1.82, 2.24) is 9.97 Å². The number of aromatic nitrogens is 2. The van der Waals surface area contributed by atoms with Gasteiger partial charge >= 0.3 is 0 Å². The van der Waals surface area contributed by atoms with Gasteiger partial charge in [0.25, 0.3) is 0 Å². The average Bonchev–Trinajstić information content (AvgIpc) is 3.33.